The SMILES string of the molecule is O=C(CNc1ccccc1OC(F)F)NC1CCCCCC1. The minimum atomic E-state index is -2.89. The molecule has 1 fully saturated rings. The van der Waals surface area contributed by atoms with Crippen molar-refractivity contribution in [1.29, 1.82) is 0 Å². The predicted molar refractivity (Wildman–Crippen MR) is 81.2 cm³/mol. The maximum absolute atomic E-state index is 12.3. The van der Waals surface area contributed by atoms with E-state index in [0.29, 0.717) is 5.69 Å². The summed E-state index contributed by atoms with van der Waals surface area (Å²) in [4.78, 5) is 12.0. The zero-order chi connectivity index (χ0) is 15.8. The molecule has 2 rings (SSSR count). The molecule has 1 aliphatic carbocycles. The molecule has 0 unspecified atom stereocenters. The number of amides is 1. The Balaban J connectivity index is 1.83. The first kappa shape index (κ1) is 16.5. The second kappa shape index (κ2) is 8.56. The summed E-state index contributed by atoms with van der Waals surface area (Å²) in [5.74, 6) is -0.0847. The fraction of sp³-hybridized carbons (Fsp3) is 0.562. The number of anilines is 1. The van der Waals surface area contributed by atoms with Crippen LogP contribution in [0.2, 0.25) is 0 Å². The standard InChI is InChI=1S/C16H22F2N2O2/c17-16(18)22-14-10-6-5-9-13(14)19-11-15(21)20-12-7-3-1-2-4-8-12/h5-6,9-10,12,16,19H,1-4,7-8,11H2,(H,20,21). The lowest BCUT2D eigenvalue weighted by atomic mass is 10.1. The number of ether oxygens (including phenoxy) is 1. The Morgan fingerprint density at radius 2 is 1.86 bits per heavy atom. The lowest BCUT2D eigenvalue weighted by molar-refractivity contribution is -0.120. The highest BCUT2D eigenvalue weighted by Crippen LogP contribution is 2.25. The van der Waals surface area contributed by atoms with E-state index in [0.717, 1.165) is 25.7 Å². The molecule has 0 heterocycles. The first-order chi connectivity index (χ1) is 10.6. The summed E-state index contributed by atoms with van der Waals surface area (Å²) in [5, 5.41) is 5.85. The molecule has 122 valence electrons. The van der Waals surface area contributed by atoms with Gasteiger partial charge in [0.25, 0.3) is 0 Å². The number of rotatable bonds is 6. The summed E-state index contributed by atoms with van der Waals surface area (Å²) in [5.41, 5.74) is 0.388. The van der Waals surface area contributed by atoms with Crippen LogP contribution in [0.4, 0.5) is 14.5 Å². The fourth-order valence-electron chi connectivity index (χ4n) is 2.69. The van der Waals surface area contributed by atoms with Gasteiger partial charge in [-0.3, -0.25) is 4.79 Å². The number of alkyl halides is 2. The predicted octanol–water partition coefficient (Wildman–Crippen LogP) is 3.54. The van der Waals surface area contributed by atoms with E-state index in [9.17, 15) is 13.6 Å². The zero-order valence-electron chi connectivity index (χ0n) is 12.5. The van der Waals surface area contributed by atoms with Gasteiger partial charge in [-0.15, -0.1) is 0 Å². The van der Waals surface area contributed by atoms with E-state index in [1.54, 1.807) is 18.2 Å². The Labute approximate surface area is 129 Å². The second-order valence-corrected chi connectivity index (χ2v) is 5.48. The molecule has 4 nitrogen and oxygen atoms in total. The number of hydrogen-bond acceptors (Lipinski definition) is 3. The number of benzene rings is 1. The van der Waals surface area contributed by atoms with Crippen LogP contribution in [0.25, 0.3) is 0 Å². The largest absolute Gasteiger partial charge is 0.433 e. The average Bonchev–Trinajstić information content (AvgIpc) is 2.74. The molecule has 0 saturated heterocycles. The van der Waals surface area contributed by atoms with Gasteiger partial charge in [0, 0.05) is 6.04 Å². The minimum Gasteiger partial charge on any atom is -0.433 e. The van der Waals surface area contributed by atoms with E-state index < -0.39 is 6.61 Å². The number of hydrogen-bond donors (Lipinski definition) is 2. The molecule has 0 bridgehead atoms. The van der Waals surface area contributed by atoms with Gasteiger partial charge in [0.15, 0.2) is 0 Å². The number of halogens is 2. The van der Waals surface area contributed by atoms with Crippen LogP contribution < -0.4 is 15.4 Å². The highest BCUT2D eigenvalue weighted by Gasteiger charge is 2.15. The minimum absolute atomic E-state index is 0.0415. The van der Waals surface area contributed by atoms with Crippen molar-refractivity contribution in [3.63, 3.8) is 0 Å². The average molecular weight is 312 g/mol. The van der Waals surface area contributed by atoms with Crippen molar-refractivity contribution in [2.75, 3.05) is 11.9 Å². The van der Waals surface area contributed by atoms with Gasteiger partial charge in [-0.25, -0.2) is 0 Å². The highest BCUT2D eigenvalue weighted by atomic mass is 19.3. The van der Waals surface area contributed by atoms with Crippen LogP contribution in [0.1, 0.15) is 38.5 Å². The number of carbonyl (C=O) groups is 1. The summed E-state index contributed by atoms with van der Waals surface area (Å²) < 4.78 is 29.1. The topological polar surface area (TPSA) is 50.4 Å². The summed E-state index contributed by atoms with van der Waals surface area (Å²) in [6.07, 6.45) is 6.76. The van der Waals surface area contributed by atoms with E-state index in [1.807, 2.05) is 0 Å². The van der Waals surface area contributed by atoms with E-state index in [2.05, 4.69) is 15.4 Å². The Morgan fingerprint density at radius 3 is 2.55 bits per heavy atom. The normalized spacial score (nSPS) is 16.1. The third-order valence-corrected chi connectivity index (χ3v) is 3.76. The molecule has 1 aromatic carbocycles. The monoisotopic (exact) mass is 312 g/mol. The molecule has 0 atom stereocenters. The van der Waals surface area contributed by atoms with Crippen molar-refractivity contribution in [2.24, 2.45) is 0 Å². The Hall–Kier alpha value is -1.85. The lowest BCUT2D eigenvalue weighted by Gasteiger charge is -2.17. The van der Waals surface area contributed by atoms with Crippen molar-refractivity contribution < 1.29 is 18.3 Å². The van der Waals surface area contributed by atoms with Gasteiger partial charge in [0.1, 0.15) is 5.75 Å². The molecule has 1 amide bonds. The van der Waals surface area contributed by atoms with Gasteiger partial charge >= 0.3 is 6.61 Å². The summed E-state index contributed by atoms with van der Waals surface area (Å²) in [6.45, 7) is -2.84. The summed E-state index contributed by atoms with van der Waals surface area (Å²) in [6, 6.07) is 6.58. The van der Waals surface area contributed by atoms with Crippen molar-refractivity contribution in [3.05, 3.63) is 24.3 Å². The molecule has 0 aromatic heterocycles. The van der Waals surface area contributed by atoms with Gasteiger partial charge in [0.2, 0.25) is 5.91 Å². The van der Waals surface area contributed by atoms with Crippen LogP contribution in [0.3, 0.4) is 0 Å². The number of para-hydroxylation sites is 2. The van der Waals surface area contributed by atoms with Crippen LogP contribution in [0.5, 0.6) is 5.75 Å². The van der Waals surface area contributed by atoms with Crippen molar-refractivity contribution in [3.8, 4) is 5.75 Å². The summed E-state index contributed by atoms with van der Waals surface area (Å²) >= 11 is 0. The summed E-state index contributed by atoms with van der Waals surface area (Å²) in [7, 11) is 0. The lowest BCUT2D eigenvalue weighted by Crippen LogP contribution is -2.38. The Morgan fingerprint density at radius 1 is 1.18 bits per heavy atom. The van der Waals surface area contributed by atoms with Crippen LogP contribution >= 0.6 is 0 Å². The number of nitrogens with one attached hydrogen (secondary N) is 2. The molecule has 0 aliphatic heterocycles. The molecular formula is C16H22F2N2O2. The molecule has 1 saturated carbocycles. The van der Waals surface area contributed by atoms with Gasteiger partial charge in [-0.1, -0.05) is 37.8 Å². The molecular weight excluding hydrogens is 290 g/mol. The maximum Gasteiger partial charge on any atom is 0.387 e. The van der Waals surface area contributed by atoms with Crippen molar-refractivity contribution in [1.82, 2.24) is 5.32 Å². The van der Waals surface area contributed by atoms with Crippen LogP contribution in [-0.2, 0) is 4.79 Å². The van der Waals surface area contributed by atoms with Crippen molar-refractivity contribution >= 4 is 11.6 Å². The Bertz CT molecular complexity index is 475. The van der Waals surface area contributed by atoms with Crippen LogP contribution in [0.15, 0.2) is 24.3 Å². The third kappa shape index (κ3) is 5.50. The zero-order valence-corrected chi connectivity index (χ0v) is 12.5. The van der Waals surface area contributed by atoms with Gasteiger partial charge in [0.05, 0.1) is 12.2 Å². The van der Waals surface area contributed by atoms with E-state index in [1.165, 1.54) is 18.9 Å². The smallest absolute Gasteiger partial charge is 0.387 e. The number of carbonyl (C=O) groups excluding carboxylic acids is 1. The molecule has 1 aromatic rings. The van der Waals surface area contributed by atoms with Crippen molar-refractivity contribution in [2.45, 2.75) is 51.2 Å². The molecule has 0 radical (unpaired) electrons. The van der Waals surface area contributed by atoms with Gasteiger partial charge < -0.3 is 15.4 Å². The molecule has 6 heteroatoms. The first-order valence-electron chi connectivity index (χ1n) is 7.72. The van der Waals surface area contributed by atoms with E-state index >= 15 is 0 Å². The third-order valence-electron chi connectivity index (χ3n) is 3.76. The van der Waals surface area contributed by atoms with Gasteiger partial charge in [-0.2, -0.15) is 8.78 Å². The first-order valence-corrected chi connectivity index (χ1v) is 7.72. The van der Waals surface area contributed by atoms with Crippen LogP contribution in [0, 0.1) is 0 Å². The van der Waals surface area contributed by atoms with Gasteiger partial charge in [-0.05, 0) is 25.0 Å². The quantitative estimate of drug-likeness (QED) is 0.790. The molecule has 22 heavy (non-hydrogen) atoms. The molecule has 1 aliphatic rings. The maximum atomic E-state index is 12.3. The van der Waals surface area contributed by atoms with E-state index in [-0.39, 0.29) is 24.2 Å². The fourth-order valence-corrected chi connectivity index (χ4v) is 2.69. The Kier molecular flexibility index (Phi) is 6.43. The molecule has 2 N–H and O–H groups in total. The highest BCUT2D eigenvalue weighted by molar-refractivity contribution is 5.81. The molecule has 0 spiro atoms. The van der Waals surface area contributed by atoms with Crippen LogP contribution in [-0.4, -0.2) is 25.1 Å². The second-order valence-electron chi connectivity index (χ2n) is 5.48. The van der Waals surface area contributed by atoms with E-state index in [4.69, 9.17) is 0 Å².